The van der Waals surface area contributed by atoms with Gasteiger partial charge in [0.25, 0.3) is 5.56 Å². The molecular formula is C19H29N3O. The number of hydrogen-bond acceptors (Lipinski definition) is 3. The van der Waals surface area contributed by atoms with Crippen LogP contribution < -0.4 is 10.9 Å². The van der Waals surface area contributed by atoms with Gasteiger partial charge >= 0.3 is 0 Å². The molecule has 0 atom stereocenters. The summed E-state index contributed by atoms with van der Waals surface area (Å²) in [5.74, 6) is 0.919. The minimum atomic E-state index is 0.0444. The molecule has 0 spiro atoms. The van der Waals surface area contributed by atoms with Gasteiger partial charge in [0.1, 0.15) is 5.82 Å². The summed E-state index contributed by atoms with van der Waals surface area (Å²) in [5.41, 5.74) is 2.06. The van der Waals surface area contributed by atoms with Crippen molar-refractivity contribution in [1.29, 1.82) is 0 Å². The lowest BCUT2D eigenvalue weighted by atomic mass is 9.96. The Balaban J connectivity index is 2.49. The minimum Gasteiger partial charge on any atom is -0.320 e. The number of unbranched alkanes of at least 4 members (excludes halogenated alkanes) is 1. The molecule has 0 bridgehead atoms. The highest BCUT2D eigenvalue weighted by atomic mass is 16.1. The molecule has 1 N–H and O–H groups in total. The van der Waals surface area contributed by atoms with E-state index < -0.39 is 0 Å². The molecule has 126 valence electrons. The quantitative estimate of drug-likeness (QED) is 0.832. The monoisotopic (exact) mass is 315 g/mol. The van der Waals surface area contributed by atoms with Gasteiger partial charge in [0, 0.05) is 13.0 Å². The van der Waals surface area contributed by atoms with Crippen LogP contribution in [-0.2, 0) is 13.0 Å². The molecule has 4 heteroatoms. The summed E-state index contributed by atoms with van der Waals surface area (Å²) in [5, 5.41) is 3.90. The predicted octanol–water partition coefficient (Wildman–Crippen LogP) is 3.29. The lowest BCUT2D eigenvalue weighted by Gasteiger charge is -2.23. The molecule has 2 aromatic rings. The molecule has 0 aliphatic rings. The van der Waals surface area contributed by atoms with E-state index in [4.69, 9.17) is 4.98 Å². The third kappa shape index (κ3) is 4.41. The second kappa shape index (κ2) is 7.26. The summed E-state index contributed by atoms with van der Waals surface area (Å²) < 4.78 is 1.89. The van der Waals surface area contributed by atoms with E-state index in [0.717, 1.165) is 48.1 Å². The molecule has 1 aromatic heterocycles. The average Bonchev–Trinajstić information content (AvgIpc) is 2.47. The fourth-order valence-corrected chi connectivity index (χ4v) is 2.85. The maximum atomic E-state index is 13.0. The number of para-hydroxylation sites is 1. The number of hydrogen-bond donors (Lipinski definition) is 1. The summed E-state index contributed by atoms with van der Waals surface area (Å²) in [7, 11) is 1.97. The summed E-state index contributed by atoms with van der Waals surface area (Å²) in [4.78, 5) is 17.8. The van der Waals surface area contributed by atoms with Crippen molar-refractivity contribution < 1.29 is 0 Å². The zero-order chi connectivity index (χ0) is 17.0. The molecule has 0 saturated heterocycles. The Bertz CT molecular complexity index is 726. The van der Waals surface area contributed by atoms with Gasteiger partial charge in [-0.05, 0) is 50.4 Å². The van der Waals surface area contributed by atoms with Crippen LogP contribution in [0.5, 0.6) is 0 Å². The van der Waals surface area contributed by atoms with Gasteiger partial charge in [-0.1, -0.05) is 32.9 Å². The Kier molecular flexibility index (Phi) is 5.58. The van der Waals surface area contributed by atoms with E-state index in [-0.39, 0.29) is 11.0 Å². The molecule has 0 fully saturated rings. The smallest absolute Gasteiger partial charge is 0.261 e. The van der Waals surface area contributed by atoms with Gasteiger partial charge in [0.15, 0.2) is 0 Å². The van der Waals surface area contributed by atoms with E-state index >= 15 is 0 Å². The number of fused-ring (bicyclic) bond motifs is 1. The van der Waals surface area contributed by atoms with E-state index in [1.807, 2.05) is 36.7 Å². The third-order valence-corrected chi connectivity index (χ3v) is 3.98. The molecule has 4 nitrogen and oxygen atoms in total. The highest BCUT2D eigenvalue weighted by molar-refractivity contribution is 5.80. The van der Waals surface area contributed by atoms with E-state index in [9.17, 15) is 4.79 Å². The van der Waals surface area contributed by atoms with Crippen LogP contribution >= 0.6 is 0 Å². The zero-order valence-corrected chi connectivity index (χ0v) is 15.1. The Morgan fingerprint density at radius 1 is 1.22 bits per heavy atom. The number of aryl methyl sites for hydroxylation is 2. The van der Waals surface area contributed by atoms with Gasteiger partial charge in [0.2, 0.25) is 0 Å². The number of benzene rings is 1. The lowest BCUT2D eigenvalue weighted by Crippen LogP contribution is -2.31. The van der Waals surface area contributed by atoms with Gasteiger partial charge in [-0.3, -0.25) is 9.36 Å². The Labute approximate surface area is 138 Å². The van der Waals surface area contributed by atoms with Crippen LogP contribution in [0.15, 0.2) is 23.0 Å². The molecule has 0 aliphatic heterocycles. The van der Waals surface area contributed by atoms with Crippen molar-refractivity contribution in [1.82, 2.24) is 14.9 Å². The van der Waals surface area contributed by atoms with Crippen LogP contribution in [0.25, 0.3) is 10.9 Å². The average molecular weight is 315 g/mol. The van der Waals surface area contributed by atoms with Crippen molar-refractivity contribution in [2.24, 2.45) is 5.41 Å². The summed E-state index contributed by atoms with van der Waals surface area (Å²) >= 11 is 0. The third-order valence-electron chi connectivity index (χ3n) is 3.98. The number of nitrogens with one attached hydrogen (secondary N) is 1. The molecule has 2 rings (SSSR count). The van der Waals surface area contributed by atoms with Crippen LogP contribution in [0.1, 0.15) is 45.0 Å². The van der Waals surface area contributed by atoms with Crippen molar-refractivity contribution >= 4 is 10.9 Å². The summed E-state index contributed by atoms with van der Waals surface area (Å²) in [6, 6.07) is 5.85. The molecule has 0 unspecified atom stereocenters. The van der Waals surface area contributed by atoms with Gasteiger partial charge in [-0.25, -0.2) is 4.98 Å². The standard InChI is InChI=1S/C19H29N3O/c1-14-9-8-10-15-17(14)21-16(11-6-7-12-20-5)22(18(15)23)13-19(2,3)4/h8-10,20H,6-7,11-13H2,1-5H3. The zero-order valence-electron chi connectivity index (χ0n) is 15.1. The molecular weight excluding hydrogens is 286 g/mol. The molecule has 23 heavy (non-hydrogen) atoms. The van der Waals surface area contributed by atoms with E-state index in [0.29, 0.717) is 6.54 Å². The van der Waals surface area contributed by atoms with E-state index in [2.05, 4.69) is 26.1 Å². The van der Waals surface area contributed by atoms with Crippen LogP contribution in [0, 0.1) is 12.3 Å². The highest BCUT2D eigenvalue weighted by Gasteiger charge is 2.18. The first-order valence-electron chi connectivity index (χ1n) is 8.47. The molecule has 1 heterocycles. The first-order chi connectivity index (χ1) is 10.8. The minimum absolute atomic E-state index is 0.0444. The van der Waals surface area contributed by atoms with Crippen molar-refractivity contribution in [3.05, 3.63) is 39.9 Å². The molecule has 0 amide bonds. The second-order valence-corrected chi connectivity index (χ2v) is 7.51. The topological polar surface area (TPSA) is 46.9 Å². The van der Waals surface area contributed by atoms with Crippen LogP contribution in [0.2, 0.25) is 0 Å². The Hall–Kier alpha value is -1.68. The van der Waals surface area contributed by atoms with Crippen LogP contribution in [-0.4, -0.2) is 23.1 Å². The molecule has 1 aromatic carbocycles. The Morgan fingerprint density at radius 2 is 1.96 bits per heavy atom. The first kappa shape index (κ1) is 17.7. The van der Waals surface area contributed by atoms with E-state index in [1.165, 1.54) is 0 Å². The highest BCUT2D eigenvalue weighted by Crippen LogP contribution is 2.19. The molecule has 0 aliphatic carbocycles. The van der Waals surface area contributed by atoms with Gasteiger partial charge in [-0.2, -0.15) is 0 Å². The van der Waals surface area contributed by atoms with Gasteiger partial charge < -0.3 is 5.32 Å². The lowest BCUT2D eigenvalue weighted by molar-refractivity contribution is 0.330. The number of aromatic nitrogens is 2. The Morgan fingerprint density at radius 3 is 2.61 bits per heavy atom. The predicted molar refractivity (Wildman–Crippen MR) is 97.1 cm³/mol. The summed E-state index contributed by atoms with van der Waals surface area (Å²) in [6.45, 7) is 10.2. The molecule has 0 saturated carbocycles. The van der Waals surface area contributed by atoms with Crippen molar-refractivity contribution in [3.8, 4) is 0 Å². The van der Waals surface area contributed by atoms with Crippen LogP contribution in [0.3, 0.4) is 0 Å². The normalized spacial score (nSPS) is 12.0. The maximum absolute atomic E-state index is 13.0. The SMILES string of the molecule is CNCCCCc1nc2c(C)cccc2c(=O)n1CC(C)(C)C. The fraction of sp³-hybridized carbons (Fsp3) is 0.579. The second-order valence-electron chi connectivity index (χ2n) is 7.51. The number of nitrogens with zero attached hydrogens (tertiary/aromatic N) is 2. The van der Waals surface area contributed by atoms with Gasteiger partial charge in [0.05, 0.1) is 10.9 Å². The van der Waals surface area contributed by atoms with Crippen molar-refractivity contribution in [2.45, 2.75) is 53.5 Å². The number of rotatable bonds is 6. The first-order valence-corrected chi connectivity index (χ1v) is 8.47. The van der Waals surface area contributed by atoms with Gasteiger partial charge in [-0.15, -0.1) is 0 Å². The molecule has 0 radical (unpaired) electrons. The largest absolute Gasteiger partial charge is 0.320 e. The summed E-state index contributed by atoms with van der Waals surface area (Å²) in [6.07, 6.45) is 2.97. The maximum Gasteiger partial charge on any atom is 0.261 e. The fourth-order valence-electron chi connectivity index (χ4n) is 2.85. The van der Waals surface area contributed by atoms with E-state index in [1.54, 1.807) is 0 Å². The van der Waals surface area contributed by atoms with Crippen molar-refractivity contribution in [3.63, 3.8) is 0 Å². The van der Waals surface area contributed by atoms with Crippen molar-refractivity contribution in [2.75, 3.05) is 13.6 Å². The van der Waals surface area contributed by atoms with Crippen LogP contribution in [0.4, 0.5) is 0 Å².